The number of nitrogens with one attached hydrogen (secondary N) is 2. The number of anilines is 1. The number of halogens is 2. The summed E-state index contributed by atoms with van der Waals surface area (Å²) in [5.41, 5.74) is -1.58. The van der Waals surface area contributed by atoms with Crippen LogP contribution < -0.4 is 16.2 Å². The Bertz CT molecular complexity index is 800. The fourth-order valence-electron chi connectivity index (χ4n) is 1.81. The lowest BCUT2D eigenvalue weighted by molar-refractivity contribution is 0.0959. The van der Waals surface area contributed by atoms with Gasteiger partial charge in [0.2, 0.25) is 0 Å². The summed E-state index contributed by atoms with van der Waals surface area (Å²) in [4.78, 5) is 35.3. The van der Waals surface area contributed by atoms with E-state index in [0.717, 1.165) is 22.9 Å². The van der Waals surface area contributed by atoms with E-state index in [4.69, 9.17) is 0 Å². The molecular formula is C14H12F2N4O3. The Morgan fingerprint density at radius 2 is 1.87 bits per heavy atom. The zero-order valence-corrected chi connectivity index (χ0v) is 12.0. The minimum absolute atomic E-state index is 0.124. The third-order valence-electron chi connectivity index (χ3n) is 2.88. The minimum atomic E-state index is -1.26. The molecule has 3 amide bonds. The molecule has 0 saturated heterocycles. The van der Waals surface area contributed by atoms with Gasteiger partial charge in [-0.25, -0.2) is 18.3 Å². The molecule has 0 spiro atoms. The molecule has 9 heteroatoms. The number of hydrogen-bond donors (Lipinski definition) is 2. The zero-order valence-electron chi connectivity index (χ0n) is 12.0. The quantitative estimate of drug-likeness (QED) is 0.895. The maximum Gasteiger partial charge on any atom is 0.326 e. The van der Waals surface area contributed by atoms with Gasteiger partial charge in [-0.3, -0.25) is 14.9 Å². The molecule has 0 unspecified atom stereocenters. The topological polar surface area (TPSA) is 93.1 Å². The Morgan fingerprint density at radius 1 is 1.22 bits per heavy atom. The fraction of sp³-hybridized carbons (Fsp3) is 0.143. The number of rotatable bonds is 3. The molecule has 0 radical (unpaired) electrons. The summed E-state index contributed by atoms with van der Waals surface area (Å²) in [5.74, 6) is -3.47. The highest BCUT2D eigenvalue weighted by Crippen LogP contribution is 2.11. The van der Waals surface area contributed by atoms with E-state index < -0.39 is 34.7 Å². The third kappa shape index (κ3) is 3.57. The van der Waals surface area contributed by atoms with Crippen LogP contribution in [0.5, 0.6) is 0 Å². The van der Waals surface area contributed by atoms with Crippen molar-refractivity contribution >= 4 is 17.6 Å². The second-order valence-corrected chi connectivity index (χ2v) is 4.37. The van der Waals surface area contributed by atoms with Gasteiger partial charge in [0.25, 0.3) is 11.5 Å². The van der Waals surface area contributed by atoms with E-state index >= 15 is 0 Å². The molecule has 0 fully saturated rings. The van der Waals surface area contributed by atoms with Gasteiger partial charge in [-0.15, -0.1) is 0 Å². The van der Waals surface area contributed by atoms with Crippen LogP contribution in [0.2, 0.25) is 0 Å². The van der Waals surface area contributed by atoms with Crippen LogP contribution in [-0.4, -0.2) is 21.7 Å². The number of aromatic nitrogens is 2. The molecule has 1 aromatic heterocycles. The van der Waals surface area contributed by atoms with Crippen LogP contribution in [0.25, 0.3) is 0 Å². The molecule has 0 bridgehead atoms. The maximum atomic E-state index is 13.4. The van der Waals surface area contributed by atoms with E-state index in [1.807, 2.05) is 0 Å². The van der Waals surface area contributed by atoms with Gasteiger partial charge in [-0.1, -0.05) is 6.07 Å². The Hall–Kier alpha value is -3.10. The molecule has 0 saturated carbocycles. The van der Waals surface area contributed by atoms with E-state index in [0.29, 0.717) is 0 Å². The van der Waals surface area contributed by atoms with Gasteiger partial charge in [0.15, 0.2) is 0 Å². The minimum Gasteiger partial charge on any atom is -0.303 e. The molecular weight excluding hydrogens is 310 g/mol. The smallest absolute Gasteiger partial charge is 0.303 e. The van der Waals surface area contributed by atoms with E-state index in [9.17, 15) is 23.2 Å². The largest absolute Gasteiger partial charge is 0.326 e. The van der Waals surface area contributed by atoms with Gasteiger partial charge in [0.05, 0.1) is 0 Å². The number of hydrogen-bond acceptors (Lipinski definition) is 4. The average Bonchev–Trinajstić information content (AvgIpc) is 2.49. The van der Waals surface area contributed by atoms with Crippen LogP contribution in [-0.2, 0) is 6.54 Å². The molecule has 120 valence electrons. The highest BCUT2D eigenvalue weighted by Gasteiger charge is 2.19. The molecule has 7 nitrogen and oxygen atoms in total. The number of amides is 3. The standard InChI is InChI=1S/C14H12F2N4O3/c1-2-20-13(22)10(6-7-17-20)18-14(23)19-12(21)11-8(15)4-3-5-9(11)16/h3-7H,2H2,1H3,(H2,18,19,21,23). The molecule has 0 aliphatic heterocycles. The van der Waals surface area contributed by atoms with Gasteiger partial charge in [-0.05, 0) is 25.1 Å². The summed E-state index contributed by atoms with van der Waals surface area (Å²) in [6, 6.07) is 3.01. The molecule has 1 heterocycles. The number of urea groups is 1. The van der Waals surface area contributed by atoms with Crippen molar-refractivity contribution in [2.75, 3.05) is 5.32 Å². The molecule has 1 aromatic carbocycles. The maximum absolute atomic E-state index is 13.4. The summed E-state index contributed by atoms with van der Waals surface area (Å²) in [5, 5.41) is 7.65. The number of nitrogens with zero attached hydrogens (tertiary/aromatic N) is 2. The lowest BCUT2D eigenvalue weighted by atomic mass is 10.2. The van der Waals surface area contributed by atoms with E-state index in [1.165, 1.54) is 12.3 Å². The van der Waals surface area contributed by atoms with Gasteiger partial charge in [-0.2, -0.15) is 5.10 Å². The van der Waals surface area contributed by atoms with Crippen molar-refractivity contribution in [2.45, 2.75) is 13.5 Å². The lowest BCUT2D eigenvalue weighted by Crippen LogP contribution is -2.37. The highest BCUT2D eigenvalue weighted by molar-refractivity contribution is 6.08. The second-order valence-electron chi connectivity index (χ2n) is 4.37. The first-order chi connectivity index (χ1) is 10.9. The molecule has 0 aliphatic rings. The molecule has 2 N–H and O–H groups in total. The predicted molar refractivity (Wildman–Crippen MR) is 77.0 cm³/mol. The first-order valence-corrected chi connectivity index (χ1v) is 6.56. The van der Waals surface area contributed by atoms with Crippen molar-refractivity contribution in [1.29, 1.82) is 0 Å². The van der Waals surface area contributed by atoms with E-state index in [1.54, 1.807) is 12.2 Å². The molecule has 2 aromatic rings. The summed E-state index contributed by atoms with van der Waals surface area (Å²) in [6.45, 7) is 1.97. The average molecular weight is 322 g/mol. The van der Waals surface area contributed by atoms with Crippen molar-refractivity contribution in [3.05, 3.63) is 58.0 Å². The van der Waals surface area contributed by atoms with Gasteiger partial charge >= 0.3 is 6.03 Å². The first kappa shape index (κ1) is 16.3. The predicted octanol–water partition coefficient (Wildman–Crippen LogP) is 1.50. The summed E-state index contributed by atoms with van der Waals surface area (Å²) in [6.07, 6.45) is 1.29. The Labute approximate surface area is 128 Å². The van der Waals surface area contributed by atoms with Crippen molar-refractivity contribution in [1.82, 2.24) is 15.1 Å². The summed E-state index contributed by atoms with van der Waals surface area (Å²) in [7, 11) is 0. The van der Waals surface area contributed by atoms with Crippen LogP contribution in [0.3, 0.4) is 0 Å². The van der Waals surface area contributed by atoms with Crippen molar-refractivity contribution in [2.24, 2.45) is 0 Å². The highest BCUT2D eigenvalue weighted by atomic mass is 19.1. The van der Waals surface area contributed by atoms with Crippen molar-refractivity contribution in [3.8, 4) is 0 Å². The Morgan fingerprint density at radius 3 is 2.48 bits per heavy atom. The molecule has 0 aliphatic carbocycles. The summed E-state index contributed by atoms with van der Waals surface area (Å²) < 4.78 is 28.0. The van der Waals surface area contributed by atoms with Crippen LogP contribution in [0.1, 0.15) is 17.3 Å². The van der Waals surface area contributed by atoms with Crippen molar-refractivity contribution in [3.63, 3.8) is 0 Å². The van der Waals surface area contributed by atoms with Crippen LogP contribution in [0, 0.1) is 11.6 Å². The zero-order chi connectivity index (χ0) is 17.0. The van der Waals surface area contributed by atoms with Crippen molar-refractivity contribution < 1.29 is 18.4 Å². The normalized spacial score (nSPS) is 10.2. The lowest BCUT2D eigenvalue weighted by Gasteiger charge is -2.08. The third-order valence-corrected chi connectivity index (χ3v) is 2.88. The van der Waals surface area contributed by atoms with Gasteiger partial charge < -0.3 is 5.32 Å². The van der Waals surface area contributed by atoms with Gasteiger partial charge in [0, 0.05) is 12.7 Å². The summed E-state index contributed by atoms with van der Waals surface area (Å²) >= 11 is 0. The van der Waals surface area contributed by atoms with E-state index in [2.05, 4.69) is 10.4 Å². The van der Waals surface area contributed by atoms with Gasteiger partial charge in [0.1, 0.15) is 22.9 Å². The number of aryl methyl sites for hydroxylation is 1. The molecule has 23 heavy (non-hydrogen) atoms. The SMILES string of the molecule is CCn1nccc(NC(=O)NC(=O)c2c(F)cccc2F)c1=O. The molecule has 2 rings (SSSR count). The second kappa shape index (κ2) is 6.77. The van der Waals surface area contributed by atoms with Crippen LogP contribution >= 0.6 is 0 Å². The first-order valence-electron chi connectivity index (χ1n) is 6.56. The number of carbonyl (C=O) groups is 2. The number of benzene rings is 1. The fourth-order valence-corrected chi connectivity index (χ4v) is 1.81. The number of imide groups is 1. The van der Waals surface area contributed by atoms with Crippen LogP contribution in [0.4, 0.5) is 19.3 Å². The monoisotopic (exact) mass is 322 g/mol. The van der Waals surface area contributed by atoms with Crippen LogP contribution in [0.15, 0.2) is 35.3 Å². The number of carbonyl (C=O) groups excluding carboxylic acids is 2. The molecule has 0 atom stereocenters. The Kier molecular flexibility index (Phi) is 4.79. The van der Waals surface area contributed by atoms with E-state index in [-0.39, 0.29) is 12.2 Å². The Balaban J connectivity index is 2.14.